The summed E-state index contributed by atoms with van der Waals surface area (Å²) in [6.45, 7) is 6.84. The first-order chi connectivity index (χ1) is 16.8. The second kappa shape index (κ2) is 12.6. The van der Waals surface area contributed by atoms with Crippen LogP contribution in [0, 0.1) is 11.7 Å². The minimum atomic E-state index is -3.92. The number of amides is 2. The average Bonchev–Trinajstić information content (AvgIpc) is 2.81. The van der Waals surface area contributed by atoms with Crippen LogP contribution < -0.4 is 9.62 Å². The zero-order valence-electron chi connectivity index (χ0n) is 21.3. The lowest BCUT2D eigenvalue weighted by Gasteiger charge is -2.33. The van der Waals surface area contributed by atoms with Crippen LogP contribution in [0.15, 0.2) is 48.5 Å². The minimum Gasteiger partial charge on any atom is -0.354 e. The van der Waals surface area contributed by atoms with Gasteiger partial charge in [-0.15, -0.1) is 0 Å². The number of carbonyl (C=O) groups excluding carboxylic acids is 3. The summed E-state index contributed by atoms with van der Waals surface area (Å²) in [5.41, 5.74) is 1.05. The van der Waals surface area contributed by atoms with Crippen LogP contribution in [0.25, 0.3) is 0 Å². The highest BCUT2D eigenvalue weighted by Crippen LogP contribution is 2.21. The normalized spacial score (nSPS) is 12.2. The smallest absolute Gasteiger partial charge is 0.244 e. The van der Waals surface area contributed by atoms with Crippen molar-refractivity contribution in [3.05, 3.63) is 65.5 Å². The highest BCUT2D eigenvalue weighted by atomic mass is 32.2. The van der Waals surface area contributed by atoms with Gasteiger partial charge >= 0.3 is 0 Å². The fourth-order valence-corrected chi connectivity index (χ4v) is 4.46. The Balaban J connectivity index is 2.45. The van der Waals surface area contributed by atoms with Crippen molar-refractivity contribution in [2.24, 2.45) is 5.92 Å². The average molecular weight is 520 g/mol. The van der Waals surface area contributed by atoms with Gasteiger partial charge in [0.2, 0.25) is 21.8 Å². The lowest BCUT2D eigenvalue weighted by atomic mass is 10.1. The third kappa shape index (κ3) is 8.15. The van der Waals surface area contributed by atoms with Crippen molar-refractivity contribution in [1.29, 1.82) is 0 Å². The molecule has 36 heavy (non-hydrogen) atoms. The van der Waals surface area contributed by atoms with E-state index in [0.717, 1.165) is 10.6 Å². The van der Waals surface area contributed by atoms with Crippen molar-refractivity contribution in [3.63, 3.8) is 0 Å². The van der Waals surface area contributed by atoms with E-state index in [-0.39, 0.29) is 36.3 Å². The minimum absolute atomic E-state index is 0.0161. The van der Waals surface area contributed by atoms with Crippen LogP contribution in [0.4, 0.5) is 10.1 Å². The summed E-state index contributed by atoms with van der Waals surface area (Å²) in [5.74, 6) is -1.45. The monoisotopic (exact) mass is 519 g/mol. The van der Waals surface area contributed by atoms with Gasteiger partial charge in [0, 0.05) is 18.7 Å². The van der Waals surface area contributed by atoms with E-state index in [1.165, 1.54) is 48.2 Å². The summed E-state index contributed by atoms with van der Waals surface area (Å²) in [6.07, 6.45) is 1.26. The number of sulfonamides is 1. The van der Waals surface area contributed by atoms with Crippen molar-refractivity contribution in [1.82, 2.24) is 10.2 Å². The predicted octanol–water partition coefficient (Wildman–Crippen LogP) is 3.37. The lowest BCUT2D eigenvalue weighted by Crippen LogP contribution is -2.52. The van der Waals surface area contributed by atoms with E-state index in [9.17, 15) is 27.2 Å². The van der Waals surface area contributed by atoms with Gasteiger partial charge in [-0.3, -0.25) is 18.7 Å². The van der Waals surface area contributed by atoms with Crippen LogP contribution in [0.2, 0.25) is 0 Å². The number of halogens is 1. The summed E-state index contributed by atoms with van der Waals surface area (Å²) in [5, 5.41) is 2.84. The Morgan fingerprint density at radius 1 is 1.06 bits per heavy atom. The van der Waals surface area contributed by atoms with Gasteiger partial charge in [-0.05, 0) is 49.1 Å². The molecule has 0 saturated carbocycles. The van der Waals surface area contributed by atoms with Gasteiger partial charge in [0.05, 0.1) is 11.9 Å². The van der Waals surface area contributed by atoms with Crippen molar-refractivity contribution >= 4 is 33.3 Å². The summed E-state index contributed by atoms with van der Waals surface area (Å²) in [4.78, 5) is 39.8. The molecule has 2 aromatic carbocycles. The molecule has 1 N–H and O–H groups in total. The molecule has 0 aromatic heterocycles. The molecule has 8 nitrogen and oxygen atoms in total. The lowest BCUT2D eigenvalue weighted by molar-refractivity contribution is -0.140. The second-order valence-corrected chi connectivity index (χ2v) is 11.0. The molecule has 2 aromatic rings. The van der Waals surface area contributed by atoms with Gasteiger partial charge in [-0.2, -0.15) is 0 Å². The Hall–Kier alpha value is -3.27. The quantitative estimate of drug-likeness (QED) is 0.433. The molecule has 0 heterocycles. The molecule has 0 unspecified atom stereocenters. The highest BCUT2D eigenvalue weighted by Gasteiger charge is 2.31. The third-order valence-electron chi connectivity index (χ3n) is 5.56. The van der Waals surface area contributed by atoms with Crippen molar-refractivity contribution < 1.29 is 27.2 Å². The number of nitrogens with zero attached hydrogens (tertiary/aromatic N) is 2. The maximum Gasteiger partial charge on any atom is 0.244 e. The number of Topliss-reactive ketones (excluding diaryl/α,β-unsaturated/α-hetero) is 1. The molecule has 2 rings (SSSR count). The molecule has 10 heteroatoms. The number of nitrogens with one attached hydrogen (secondary N) is 1. The summed E-state index contributed by atoms with van der Waals surface area (Å²) >= 11 is 0. The van der Waals surface area contributed by atoms with Crippen LogP contribution in [0.1, 0.15) is 50.0 Å². The largest absolute Gasteiger partial charge is 0.354 e. The standard InChI is InChI=1S/C26H34FN3O5S/c1-6-24(26(33)28-15-18(2)3)29(16-20-10-12-22(27)13-11-20)25(32)17-30(36(5,34)35)23-9-7-8-21(14-23)19(4)31/h7-14,18,24H,6,15-17H2,1-5H3,(H,28,33)/t24-/m0/s1. The highest BCUT2D eigenvalue weighted by molar-refractivity contribution is 7.92. The molecule has 196 valence electrons. The fraction of sp³-hybridized carbons (Fsp3) is 0.423. The molecule has 0 spiro atoms. The zero-order chi connectivity index (χ0) is 27.0. The molecule has 0 radical (unpaired) electrons. The van der Waals surface area contributed by atoms with Crippen molar-refractivity contribution in [2.45, 2.75) is 46.7 Å². The Kier molecular flexibility index (Phi) is 10.2. The molecule has 0 aliphatic carbocycles. The molecule has 0 saturated heterocycles. The number of hydrogen-bond donors (Lipinski definition) is 1. The van der Waals surface area contributed by atoms with Crippen molar-refractivity contribution in [2.75, 3.05) is 23.7 Å². The Morgan fingerprint density at radius 2 is 1.69 bits per heavy atom. The fourth-order valence-electron chi connectivity index (χ4n) is 3.62. The Bertz CT molecular complexity index is 1180. The van der Waals surface area contributed by atoms with Crippen LogP contribution in [0.3, 0.4) is 0 Å². The molecular weight excluding hydrogens is 485 g/mol. The summed E-state index contributed by atoms with van der Waals surface area (Å²) < 4.78 is 39.7. The second-order valence-electron chi connectivity index (χ2n) is 9.09. The molecule has 0 aliphatic rings. The SMILES string of the molecule is CC[C@@H](C(=O)NCC(C)C)N(Cc1ccc(F)cc1)C(=O)CN(c1cccc(C(C)=O)c1)S(C)(=O)=O. The number of rotatable bonds is 12. The predicted molar refractivity (Wildman–Crippen MR) is 138 cm³/mol. The Labute approximate surface area is 212 Å². The molecular formula is C26H34FN3O5S. The number of carbonyl (C=O) groups is 3. The van der Waals surface area contributed by atoms with E-state index in [1.54, 1.807) is 19.1 Å². The molecule has 0 bridgehead atoms. The van der Waals surface area contributed by atoms with Crippen LogP contribution in [-0.4, -0.2) is 56.3 Å². The first-order valence-electron chi connectivity index (χ1n) is 11.7. The van der Waals surface area contributed by atoms with E-state index in [4.69, 9.17) is 0 Å². The van der Waals surface area contributed by atoms with Gasteiger partial charge in [-0.25, -0.2) is 12.8 Å². The van der Waals surface area contributed by atoms with Crippen LogP contribution >= 0.6 is 0 Å². The van der Waals surface area contributed by atoms with Gasteiger partial charge in [0.25, 0.3) is 0 Å². The molecule has 0 fully saturated rings. The maximum atomic E-state index is 13.6. The summed E-state index contributed by atoms with van der Waals surface area (Å²) in [6, 6.07) is 10.7. The van der Waals surface area contributed by atoms with Gasteiger partial charge in [0.15, 0.2) is 5.78 Å². The number of anilines is 1. The van der Waals surface area contributed by atoms with E-state index in [0.29, 0.717) is 17.7 Å². The van der Waals surface area contributed by atoms with Crippen LogP contribution in [-0.2, 0) is 26.2 Å². The first kappa shape index (κ1) is 29.0. The number of benzene rings is 2. The van der Waals surface area contributed by atoms with E-state index in [2.05, 4.69) is 5.32 Å². The molecule has 0 aliphatic heterocycles. The van der Waals surface area contributed by atoms with E-state index < -0.39 is 34.3 Å². The van der Waals surface area contributed by atoms with Gasteiger partial charge in [-0.1, -0.05) is 45.0 Å². The van der Waals surface area contributed by atoms with E-state index in [1.807, 2.05) is 13.8 Å². The van der Waals surface area contributed by atoms with Crippen molar-refractivity contribution in [3.8, 4) is 0 Å². The summed E-state index contributed by atoms with van der Waals surface area (Å²) in [7, 11) is -3.92. The first-order valence-corrected chi connectivity index (χ1v) is 13.6. The molecule has 2 amide bonds. The molecule has 1 atom stereocenters. The van der Waals surface area contributed by atoms with Crippen LogP contribution in [0.5, 0.6) is 0 Å². The number of ketones is 1. The number of hydrogen-bond acceptors (Lipinski definition) is 5. The third-order valence-corrected chi connectivity index (χ3v) is 6.70. The maximum absolute atomic E-state index is 13.6. The van der Waals surface area contributed by atoms with E-state index >= 15 is 0 Å². The van der Waals surface area contributed by atoms with Gasteiger partial charge in [0.1, 0.15) is 18.4 Å². The van der Waals surface area contributed by atoms with Gasteiger partial charge < -0.3 is 10.2 Å². The topological polar surface area (TPSA) is 104 Å². The zero-order valence-corrected chi connectivity index (χ0v) is 22.1. The Morgan fingerprint density at radius 3 is 2.22 bits per heavy atom.